The number of rotatable bonds is 9. The molecule has 0 radical (unpaired) electrons. The van der Waals surface area contributed by atoms with Crippen LogP contribution in [0.3, 0.4) is 0 Å². The lowest BCUT2D eigenvalue weighted by Crippen LogP contribution is -2.47. The Morgan fingerprint density at radius 3 is 2.59 bits per heavy atom. The minimum Gasteiger partial charge on any atom is -0.385 e. The highest BCUT2D eigenvalue weighted by molar-refractivity contribution is 14.0. The van der Waals surface area contributed by atoms with Crippen molar-refractivity contribution in [2.24, 2.45) is 4.99 Å². The Labute approximate surface area is 157 Å². The van der Waals surface area contributed by atoms with E-state index in [0.717, 1.165) is 58.1 Å². The molecule has 1 saturated heterocycles. The van der Waals surface area contributed by atoms with Crippen molar-refractivity contribution in [2.75, 3.05) is 59.0 Å². The minimum atomic E-state index is 0. The molecule has 0 unspecified atom stereocenters. The van der Waals surface area contributed by atoms with E-state index in [1.807, 2.05) is 18.8 Å². The molecule has 1 aliphatic rings. The van der Waals surface area contributed by atoms with E-state index in [1.54, 1.807) is 7.11 Å². The predicted octanol–water partition coefficient (Wildman–Crippen LogP) is 2.45. The van der Waals surface area contributed by atoms with Gasteiger partial charge in [0, 0.05) is 47.0 Å². The van der Waals surface area contributed by atoms with Crippen LogP contribution in [0.15, 0.2) is 4.99 Å². The van der Waals surface area contributed by atoms with Crippen LogP contribution in [0.5, 0.6) is 0 Å². The maximum Gasteiger partial charge on any atom is 0.193 e. The molecule has 1 heterocycles. The average Bonchev–Trinajstić information content (AvgIpc) is 2.53. The van der Waals surface area contributed by atoms with Crippen molar-refractivity contribution in [1.29, 1.82) is 0 Å². The van der Waals surface area contributed by atoms with Crippen molar-refractivity contribution in [2.45, 2.75) is 31.8 Å². The number of halogens is 1. The SMILES string of the molecule is CN=C(NCCCSC)N1CCC(OCCCOC)CC1.I. The van der Waals surface area contributed by atoms with Gasteiger partial charge in [0.1, 0.15) is 0 Å². The molecule has 22 heavy (non-hydrogen) atoms. The van der Waals surface area contributed by atoms with Crippen LogP contribution in [-0.4, -0.2) is 76.0 Å². The number of thioether (sulfide) groups is 1. The third-order valence-corrected chi connectivity index (χ3v) is 4.30. The molecule has 0 bridgehead atoms. The molecule has 0 aromatic rings. The van der Waals surface area contributed by atoms with Crippen molar-refractivity contribution in [3.63, 3.8) is 0 Å². The first kappa shape index (κ1) is 22.3. The number of hydrogen-bond donors (Lipinski definition) is 1. The quantitative estimate of drug-likeness (QED) is 0.256. The number of nitrogens with zero attached hydrogens (tertiary/aromatic N) is 2. The largest absolute Gasteiger partial charge is 0.385 e. The standard InChI is InChI=1S/C15H31N3O2S.HI/c1-16-15(17-8-4-13-21-3)18-9-6-14(7-10-18)20-12-5-11-19-2;/h14H,4-13H2,1-3H3,(H,16,17);1H. The second kappa shape index (κ2) is 14.8. The fourth-order valence-electron chi connectivity index (χ4n) is 2.44. The first-order chi connectivity index (χ1) is 10.3. The molecule has 7 heteroatoms. The Hall–Kier alpha value is 0.270. The number of guanidine groups is 1. The molecule has 1 rings (SSSR count). The Morgan fingerprint density at radius 1 is 1.27 bits per heavy atom. The summed E-state index contributed by atoms with van der Waals surface area (Å²) in [6, 6.07) is 0. The summed E-state index contributed by atoms with van der Waals surface area (Å²) in [5, 5.41) is 3.45. The van der Waals surface area contributed by atoms with E-state index in [0.29, 0.717) is 6.10 Å². The summed E-state index contributed by atoms with van der Waals surface area (Å²) in [5.74, 6) is 2.23. The molecular formula is C15H32IN3O2S. The van der Waals surface area contributed by atoms with Gasteiger partial charge in [-0.25, -0.2) is 0 Å². The molecule has 1 aliphatic heterocycles. The first-order valence-corrected chi connectivity index (χ1v) is 9.26. The molecule has 1 N–H and O–H groups in total. The van der Waals surface area contributed by atoms with Crippen molar-refractivity contribution in [3.8, 4) is 0 Å². The van der Waals surface area contributed by atoms with Crippen LogP contribution in [0.25, 0.3) is 0 Å². The highest BCUT2D eigenvalue weighted by atomic mass is 127. The fraction of sp³-hybridized carbons (Fsp3) is 0.933. The van der Waals surface area contributed by atoms with Gasteiger partial charge >= 0.3 is 0 Å². The lowest BCUT2D eigenvalue weighted by atomic mass is 10.1. The molecule has 0 saturated carbocycles. The Bertz CT molecular complexity index is 288. The third-order valence-electron chi connectivity index (χ3n) is 3.61. The Kier molecular flexibility index (Phi) is 15.0. The number of piperidine rings is 1. The van der Waals surface area contributed by atoms with Crippen LogP contribution in [-0.2, 0) is 9.47 Å². The van der Waals surface area contributed by atoms with E-state index in [1.165, 1.54) is 12.2 Å². The third kappa shape index (κ3) is 9.42. The van der Waals surface area contributed by atoms with Gasteiger partial charge in [0.15, 0.2) is 5.96 Å². The zero-order valence-electron chi connectivity index (χ0n) is 14.2. The minimum absolute atomic E-state index is 0. The molecule has 0 aromatic heterocycles. The zero-order valence-corrected chi connectivity index (χ0v) is 17.3. The summed E-state index contributed by atoms with van der Waals surface area (Å²) in [6.45, 7) is 4.64. The number of nitrogens with one attached hydrogen (secondary N) is 1. The van der Waals surface area contributed by atoms with Crippen molar-refractivity contribution < 1.29 is 9.47 Å². The number of aliphatic imine (C=N–C) groups is 1. The van der Waals surface area contributed by atoms with Gasteiger partial charge in [0.25, 0.3) is 0 Å². The van der Waals surface area contributed by atoms with E-state index in [9.17, 15) is 0 Å². The second-order valence-corrected chi connectivity index (χ2v) is 6.21. The lowest BCUT2D eigenvalue weighted by molar-refractivity contribution is 0.00991. The van der Waals surface area contributed by atoms with Crippen molar-refractivity contribution in [1.82, 2.24) is 10.2 Å². The lowest BCUT2D eigenvalue weighted by Gasteiger charge is -2.34. The zero-order chi connectivity index (χ0) is 15.3. The highest BCUT2D eigenvalue weighted by Crippen LogP contribution is 2.14. The van der Waals surface area contributed by atoms with Gasteiger partial charge in [-0.3, -0.25) is 4.99 Å². The summed E-state index contributed by atoms with van der Waals surface area (Å²) in [6.07, 6.45) is 6.87. The van der Waals surface area contributed by atoms with E-state index in [2.05, 4.69) is 21.5 Å². The molecule has 5 nitrogen and oxygen atoms in total. The van der Waals surface area contributed by atoms with E-state index in [4.69, 9.17) is 9.47 Å². The Morgan fingerprint density at radius 2 is 2.00 bits per heavy atom. The van der Waals surface area contributed by atoms with Gasteiger partial charge in [-0.1, -0.05) is 0 Å². The summed E-state index contributed by atoms with van der Waals surface area (Å²) in [4.78, 5) is 6.73. The molecule has 0 aliphatic carbocycles. The predicted molar refractivity (Wildman–Crippen MR) is 107 cm³/mol. The van der Waals surface area contributed by atoms with E-state index >= 15 is 0 Å². The molecule has 0 aromatic carbocycles. The summed E-state index contributed by atoms with van der Waals surface area (Å²) in [5.41, 5.74) is 0. The molecular weight excluding hydrogens is 413 g/mol. The monoisotopic (exact) mass is 445 g/mol. The van der Waals surface area contributed by atoms with Gasteiger partial charge < -0.3 is 19.7 Å². The number of methoxy groups -OCH3 is 1. The maximum atomic E-state index is 5.89. The number of ether oxygens (including phenoxy) is 2. The molecule has 0 amide bonds. The van der Waals surface area contributed by atoms with Gasteiger partial charge in [0.2, 0.25) is 0 Å². The van der Waals surface area contributed by atoms with Crippen LogP contribution in [0.4, 0.5) is 0 Å². The van der Waals surface area contributed by atoms with Crippen LogP contribution in [0, 0.1) is 0 Å². The highest BCUT2D eigenvalue weighted by Gasteiger charge is 2.21. The average molecular weight is 445 g/mol. The van der Waals surface area contributed by atoms with Gasteiger partial charge in [0.05, 0.1) is 6.10 Å². The van der Waals surface area contributed by atoms with Gasteiger partial charge in [-0.05, 0) is 37.7 Å². The fourth-order valence-corrected chi connectivity index (χ4v) is 2.87. The van der Waals surface area contributed by atoms with Crippen LogP contribution < -0.4 is 5.32 Å². The maximum absolute atomic E-state index is 5.89. The molecule has 1 fully saturated rings. The summed E-state index contributed by atoms with van der Waals surface area (Å²) >= 11 is 1.89. The van der Waals surface area contributed by atoms with Crippen molar-refractivity contribution >= 4 is 41.7 Å². The van der Waals surface area contributed by atoms with Crippen LogP contribution >= 0.6 is 35.7 Å². The van der Waals surface area contributed by atoms with Gasteiger partial charge in [-0.15, -0.1) is 24.0 Å². The topological polar surface area (TPSA) is 46.1 Å². The summed E-state index contributed by atoms with van der Waals surface area (Å²) < 4.78 is 10.9. The molecule has 132 valence electrons. The second-order valence-electron chi connectivity index (χ2n) is 5.22. The van der Waals surface area contributed by atoms with Crippen molar-refractivity contribution in [3.05, 3.63) is 0 Å². The number of hydrogen-bond acceptors (Lipinski definition) is 4. The smallest absolute Gasteiger partial charge is 0.193 e. The van der Waals surface area contributed by atoms with Crippen LogP contribution in [0.1, 0.15) is 25.7 Å². The normalized spacial score (nSPS) is 16.5. The molecule has 0 spiro atoms. The molecule has 0 atom stereocenters. The van der Waals surface area contributed by atoms with E-state index < -0.39 is 0 Å². The van der Waals surface area contributed by atoms with E-state index in [-0.39, 0.29) is 24.0 Å². The summed E-state index contributed by atoms with van der Waals surface area (Å²) in [7, 11) is 3.60. The van der Waals surface area contributed by atoms with Gasteiger partial charge in [-0.2, -0.15) is 11.8 Å². The van der Waals surface area contributed by atoms with Crippen LogP contribution in [0.2, 0.25) is 0 Å². The Balaban J connectivity index is 0.00000441. The first-order valence-electron chi connectivity index (χ1n) is 7.87. The number of likely N-dealkylation sites (tertiary alicyclic amines) is 1.